The molecule has 26 heavy (non-hydrogen) atoms. The molecular weight excluding hydrogens is 372 g/mol. The topological polar surface area (TPSA) is 57.7 Å². The predicted molar refractivity (Wildman–Crippen MR) is 102 cm³/mol. The molecule has 0 bridgehead atoms. The summed E-state index contributed by atoms with van der Waals surface area (Å²) in [5.74, 6) is -0.960. The van der Waals surface area contributed by atoms with E-state index in [1.54, 1.807) is 49.4 Å². The number of benzene rings is 2. The predicted octanol–water partition coefficient (Wildman–Crippen LogP) is 3.55. The molecule has 0 saturated carbocycles. The summed E-state index contributed by atoms with van der Waals surface area (Å²) < 4.78 is 0. The number of amides is 3. The second kappa shape index (κ2) is 5.86. The molecule has 2 unspecified atom stereocenters. The molecule has 0 N–H and O–H groups in total. The van der Waals surface area contributed by atoms with Gasteiger partial charge < -0.3 is 0 Å². The number of carbonyl (C=O) groups excluding carboxylic acids is 3. The number of fused-ring (bicyclic) bond motifs is 2. The van der Waals surface area contributed by atoms with E-state index in [0.717, 1.165) is 4.90 Å². The first-order valence-corrected chi connectivity index (χ1v) is 9.36. The van der Waals surface area contributed by atoms with Gasteiger partial charge in [-0.1, -0.05) is 29.8 Å². The molecule has 4 rings (SSSR count). The average Bonchev–Trinajstić information content (AvgIpc) is 3.02. The van der Waals surface area contributed by atoms with Crippen molar-refractivity contribution in [3.63, 3.8) is 0 Å². The zero-order valence-electron chi connectivity index (χ0n) is 14.1. The lowest BCUT2D eigenvalue weighted by molar-refractivity contribution is -0.128. The van der Waals surface area contributed by atoms with Crippen molar-refractivity contribution in [3.05, 3.63) is 59.1 Å². The van der Waals surface area contributed by atoms with Crippen LogP contribution in [0.25, 0.3) is 0 Å². The van der Waals surface area contributed by atoms with Gasteiger partial charge in [0.15, 0.2) is 0 Å². The zero-order valence-corrected chi connectivity index (χ0v) is 15.7. The van der Waals surface area contributed by atoms with E-state index in [-0.39, 0.29) is 11.8 Å². The number of hydrogen-bond acceptors (Lipinski definition) is 4. The molecule has 0 aliphatic carbocycles. The molecule has 1 spiro atoms. The lowest BCUT2D eigenvalue weighted by atomic mass is 10.0. The molecule has 2 atom stereocenters. The summed E-state index contributed by atoms with van der Waals surface area (Å²) in [6.07, 6.45) is 0. The number of halogens is 1. The maximum absolute atomic E-state index is 13.4. The molecular formula is C19H15ClN2O3S. The molecule has 0 radical (unpaired) electrons. The van der Waals surface area contributed by atoms with E-state index < -0.39 is 16.0 Å². The Hall–Kier alpha value is -2.31. The Bertz CT molecular complexity index is 946. The number of para-hydroxylation sites is 1. The van der Waals surface area contributed by atoms with E-state index in [1.165, 1.54) is 23.6 Å². The van der Waals surface area contributed by atoms with E-state index in [1.807, 2.05) is 6.07 Å². The summed E-state index contributed by atoms with van der Waals surface area (Å²) in [5.41, 5.74) is 1.75. The normalized spacial score (nSPS) is 24.5. The van der Waals surface area contributed by atoms with Gasteiger partial charge in [-0.25, -0.2) is 4.90 Å². The van der Waals surface area contributed by atoms with E-state index >= 15 is 0 Å². The van der Waals surface area contributed by atoms with Gasteiger partial charge in [0, 0.05) is 23.2 Å². The third-order valence-electron chi connectivity index (χ3n) is 4.63. The van der Waals surface area contributed by atoms with Gasteiger partial charge in [0.05, 0.1) is 10.9 Å². The lowest BCUT2D eigenvalue weighted by Crippen LogP contribution is -2.50. The summed E-state index contributed by atoms with van der Waals surface area (Å²) in [7, 11) is 0. The van der Waals surface area contributed by atoms with Crippen LogP contribution in [0.5, 0.6) is 0 Å². The zero-order chi connectivity index (χ0) is 18.6. The van der Waals surface area contributed by atoms with Gasteiger partial charge in [0.1, 0.15) is 0 Å². The van der Waals surface area contributed by atoms with Crippen LogP contribution in [0, 0.1) is 0 Å². The second-order valence-electron chi connectivity index (χ2n) is 6.23. The minimum Gasteiger partial charge on any atom is -0.283 e. The maximum Gasteiger partial charge on any atom is 0.275 e. The first-order chi connectivity index (χ1) is 12.4. The van der Waals surface area contributed by atoms with Gasteiger partial charge >= 0.3 is 0 Å². The number of anilines is 2. The van der Waals surface area contributed by atoms with Gasteiger partial charge in [0.25, 0.3) is 5.91 Å². The first-order valence-electron chi connectivity index (χ1n) is 8.10. The van der Waals surface area contributed by atoms with Gasteiger partial charge in [-0.15, -0.1) is 11.8 Å². The Morgan fingerprint density at radius 2 is 1.77 bits per heavy atom. The summed E-state index contributed by atoms with van der Waals surface area (Å²) >= 11 is 7.24. The molecule has 2 heterocycles. The standard InChI is InChI=1S/C19H15ClN2O3S/c1-11-17(24)22(14-9-7-13(20)8-10-14)19(26-11)15-5-3-4-6-16(15)21(12(2)23)18(19)25/h3-11H,1-2H3. The highest BCUT2D eigenvalue weighted by Gasteiger charge is 2.63. The minimum absolute atomic E-state index is 0.175. The SMILES string of the molecule is CC(=O)N1C(=O)C2(SC(C)C(=O)N2c2ccc(Cl)cc2)c2ccccc21. The van der Waals surface area contributed by atoms with E-state index in [4.69, 9.17) is 11.6 Å². The van der Waals surface area contributed by atoms with Crippen molar-refractivity contribution in [1.29, 1.82) is 0 Å². The smallest absolute Gasteiger partial charge is 0.275 e. The molecule has 2 aromatic carbocycles. The Labute approximate surface area is 159 Å². The maximum atomic E-state index is 13.4. The Morgan fingerprint density at radius 3 is 2.42 bits per heavy atom. The fourth-order valence-electron chi connectivity index (χ4n) is 3.57. The summed E-state index contributed by atoms with van der Waals surface area (Å²) in [5, 5.41) is 0.119. The van der Waals surface area contributed by atoms with Crippen LogP contribution in [-0.2, 0) is 19.3 Å². The van der Waals surface area contributed by atoms with Crippen molar-refractivity contribution in [3.8, 4) is 0 Å². The fourth-order valence-corrected chi connectivity index (χ4v) is 5.21. The summed E-state index contributed by atoms with van der Waals surface area (Å²) in [4.78, 5) is 40.0. The minimum atomic E-state index is -1.29. The van der Waals surface area contributed by atoms with E-state index in [9.17, 15) is 14.4 Å². The molecule has 7 heteroatoms. The number of thioether (sulfide) groups is 1. The Morgan fingerprint density at radius 1 is 1.12 bits per heavy atom. The van der Waals surface area contributed by atoms with Crippen LogP contribution in [0.2, 0.25) is 5.02 Å². The second-order valence-corrected chi connectivity index (χ2v) is 8.20. The van der Waals surface area contributed by atoms with Crippen molar-refractivity contribution >= 4 is 52.5 Å². The van der Waals surface area contributed by atoms with Crippen LogP contribution in [-0.4, -0.2) is 23.0 Å². The Kier molecular flexibility index (Phi) is 3.86. The molecule has 1 fully saturated rings. The number of hydrogen-bond donors (Lipinski definition) is 0. The summed E-state index contributed by atoms with van der Waals surface area (Å²) in [6, 6.07) is 13.9. The van der Waals surface area contributed by atoms with Crippen molar-refractivity contribution in [2.45, 2.75) is 24.0 Å². The van der Waals surface area contributed by atoms with Crippen LogP contribution in [0.1, 0.15) is 19.4 Å². The van der Waals surface area contributed by atoms with Gasteiger partial charge in [-0.05, 0) is 37.3 Å². The quantitative estimate of drug-likeness (QED) is 0.752. The monoisotopic (exact) mass is 386 g/mol. The number of carbonyl (C=O) groups is 3. The van der Waals surface area contributed by atoms with Gasteiger partial charge in [-0.2, -0.15) is 0 Å². The third kappa shape index (κ3) is 2.15. The van der Waals surface area contributed by atoms with Crippen molar-refractivity contribution in [2.24, 2.45) is 0 Å². The van der Waals surface area contributed by atoms with Crippen LogP contribution in [0.3, 0.4) is 0 Å². The van der Waals surface area contributed by atoms with Crippen molar-refractivity contribution in [2.75, 3.05) is 9.80 Å². The highest BCUT2D eigenvalue weighted by atomic mass is 35.5. The molecule has 1 saturated heterocycles. The number of rotatable bonds is 1. The molecule has 132 valence electrons. The summed E-state index contributed by atoms with van der Waals surface area (Å²) in [6.45, 7) is 3.13. The van der Waals surface area contributed by atoms with Crippen LogP contribution >= 0.6 is 23.4 Å². The number of nitrogens with zero attached hydrogens (tertiary/aromatic N) is 2. The van der Waals surface area contributed by atoms with E-state index in [2.05, 4.69) is 0 Å². The molecule has 2 aliphatic heterocycles. The van der Waals surface area contributed by atoms with Crippen molar-refractivity contribution < 1.29 is 14.4 Å². The highest BCUT2D eigenvalue weighted by Crippen LogP contribution is 2.57. The number of imide groups is 1. The van der Waals surface area contributed by atoms with Crippen LogP contribution in [0.15, 0.2) is 48.5 Å². The van der Waals surface area contributed by atoms with E-state index in [0.29, 0.717) is 22.0 Å². The van der Waals surface area contributed by atoms with Crippen LogP contribution < -0.4 is 9.80 Å². The molecule has 5 nitrogen and oxygen atoms in total. The highest BCUT2D eigenvalue weighted by molar-refractivity contribution is 8.03. The molecule has 0 aromatic heterocycles. The molecule has 2 aromatic rings. The van der Waals surface area contributed by atoms with Gasteiger partial charge in [-0.3, -0.25) is 19.3 Å². The van der Waals surface area contributed by atoms with Gasteiger partial charge in [0.2, 0.25) is 16.7 Å². The van der Waals surface area contributed by atoms with Crippen LogP contribution in [0.4, 0.5) is 11.4 Å². The molecule has 2 aliphatic rings. The third-order valence-corrected chi connectivity index (χ3v) is 6.36. The fraction of sp³-hybridized carbons (Fsp3) is 0.211. The molecule has 3 amide bonds. The van der Waals surface area contributed by atoms with Crippen molar-refractivity contribution in [1.82, 2.24) is 0 Å². The first kappa shape index (κ1) is 17.1. The largest absolute Gasteiger partial charge is 0.283 e. The average molecular weight is 387 g/mol. The lowest BCUT2D eigenvalue weighted by Gasteiger charge is -2.32. The Balaban J connectivity index is 1.98.